The molecule has 0 saturated heterocycles. The van der Waals surface area contributed by atoms with Gasteiger partial charge in [-0.2, -0.15) is 0 Å². The molecule has 7 heteroatoms. The maximum atomic E-state index is 13.9. The van der Waals surface area contributed by atoms with Crippen LogP contribution in [-0.2, 0) is 31.1 Å². The molecule has 1 aromatic carbocycles. The number of carbonyl (C=O) groups excluding carboxylic acids is 1. The predicted molar refractivity (Wildman–Crippen MR) is 149 cm³/mol. The van der Waals surface area contributed by atoms with Gasteiger partial charge in [0.1, 0.15) is 5.75 Å². The highest BCUT2D eigenvalue weighted by atomic mass is 31.2. The number of aromatic hydroxyl groups is 1. The fourth-order valence-electron chi connectivity index (χ4n) is 5.88. The van der Waals surface area contributed by atoms with E-state index in [4.69, 9.17) is 5.73 Å². The third kappa shape index (κ3) is 10.3. The smallest absolute Gasteiger partial charge is 0.303 e. The van der Waals surface area contributed by atoms with Gasteiger partial charge in [0.05, 0.1) is 13.6 Å². The lowest BCUT2D eigenvalue weighted by molar-refractivity contribution is -0.136. The summed E-state index contributed by atoms with van der Waals surface area (Å²) in [4.78, 5) is 22.7. The highest BCUT2D eigenvalue weighted by Crippen LogP contribution is 2.53. The maximum absolute atomic E-state index is 13.9. The SMILES string of the molecule is CC(C)(C)CC(C)(C)c1cc(CP(=O)(CCC(N)=O)CCC(=O)O)cc(C(C)(C)CC(C)(C)C)c1O. The van der Waals surface area contributed by atoms with E-state index in [0.29, 0.717) is 0 Å². The summed E-state index contributed by atoms with van der Waals surface area (Å²) in [5.74, 6) is -1.28. The third-order valence-corrected chi connectivity index (χ3v) is 9.56. The van der Waals surface area contributed by atoms with E-state index in [1.165, 1.54) is 0 Å². The molecule has 0 aliphatic heterocycles. The summed E-state index contributed by atoms with van der Waals surface area (Å²) in [5.41, 5.74) is 7.09. The van der Waals surface area contributed by atoms with Crippen molar-refractivity contribution >= 4 is 19.0 Å². The van der Waals surface area contributed by atoms with Gasteiger partial charge < -0.3 is 20.5 Å². The number of benzene rings is 1. The fraction of sp³-hybridized carbons (Fsp3) is 0.724. The first-order valence-corrected chi connectivity index (χ1v) is 15.2. The minimum absolute atomic E-state index is 0.0118. The Balaban J connectivity index is 3.75. The molecule has 0 saturated carbocycles. The van der Waals surface area contributed by atoms with Gasteiger partial charge in [-0.25, -0.2) is 0 Å². The third-order valence-electron chi connectivity index (χ3n) is 6.54. The maximum Gasteiger partial charge on any atom is 0.303 e. The van der Waals surface area contributed by atoms with Crippen LogP contribution in [0.1, 0.15) is 112 Å². The number of carboxylic acid groups (broad SMARTS) is 1. The van der Waals surface area contributed by atoms with E-state index >= 15 is 0 Å². The van der Waals surface area contributed by atoms with E-state index in [0.717, 1.165) is 29.5 Å². The molecule has 1 amide bonds. The number of rotatable bonds is 12. The van der Waals surface area contributed by atoms with Crippen LogP contribution in [0.2, 0.25) is 0 Å². The first-order valence-electron chi connectivity index (χ1n) is 12.9. The molecule has 4 N–H and O–H groups in total. The number of primary amides is 1. The van der Waals surface area contributed by atoms with Crippen molar-refractivity contribution in [2.75, 3.05) is 12.3 Å². The Kier molecular flexibility index (Phi) is 10.1. The minimum atomic E-state index is -3.05. The van der Waals surface area contributed by atoms with Gasteiger partial charge in [-0.15, -0.1) is 0 Å². The number of carbonyl (C=O) groups is 2. The second kappa shape index (κ2) is 11.3. The summed E-state index contributed by atoms with van der Waals surface area (Å²) in [7, 11) is -3.05. The molecule has 6 nitrogen and oxygen atoms in total. The van der Waals surface area contributed by atoms with Gasteiger partial charge in [0.2, 0.25) is 5.91 Å². The van der Waals surface area contributed by atoms with Gasteiger partial charge >= 0.3 is 5.97 Å². The molecule has 1 aromatic rings. The van der Waals surface area contributed by atoms with E-state index in [-0.39, 0.29) is 58.7 Å². The Morgan fingerprint density at radius 2 is 1.19 bits per heavy atom. The number of phenols is 1. The van der Waals surface area contributed by atoms with Crippen LogP contribution in [0, 0.1) is 10.8 Å². The molecule has 0 spiro atoms. The zero-order valence-corrected chi connectivity index (χ0v) is 25.1. The number of aliphatic carboxylic acids is 1. The number of carboxylic acids is 1. The fourth-order valence-corrected chi connectivity index (χ4v) is 8.49. The molecular formula is C29H50NO5P. The van der Waals surface area contributed by atoms with Crippen LogP contribution in [0.4, 0.5) is 0 Å². The van der Waals surface area contributed by atoms with Crippen molar-refractivity contribution in [3.8, 4) is 5.75 Å². The van der Waals surface area contributed by atoms with Crippen molar-refractivity contribution < 1.29 is 24.4 Å². The summed E-state index contributed by atoms with van der Waals surface area (Å²) in [6, 6.07) is 3.88. The van der Waals surface area contributed by atoms with Gasteiger partial charge in [-0.05, 0) is 40.1 Å². The summed E-state index contributed by atoms with van der Waals surface area (Å²) >= 11 is 0. The van der Waals surface area contributed by atoms with Crippen molar-refractivity contribution in [1.29, 1.82) is 0 Å². The van der Waals surface area contributed by atoms with E-state index in [1.54, 1.807) is 0 Å². The zero-order valence-electron chi connectivity index (χ0n) is 24.2. The molecule has 0 aliphatic rings. The first kappa shape index (κ1) is 32.2. The van der Waals surface area contributed by atoms with Crippen molar-refractivity contribution in [3.63, 3.8) is 0 Å². The van der Waals surface area contributed by atoms with Gasteiger partial charge in [-0.3, -0.25) is 9.59 Å². The molecule has 1 unspecified atom stereocenters. The van der Waals surface area contributed by atoms with Crippen LogP contribution in [0.5, 0.6) is 5.75 Å². The molecular weight excluding hydrogens is 473 g/mol. The number of phenolic OH excluding ortho intramolecular Hbond substituents is 1. The molecule has 0 aliphatic carbocycles. The van der Waals surface area contributed by atoms with Crippen LogP contribution < -0.4 is 5.73 Å². The average molecular weight is 524 g/mol. The molecule has 0 aromatic heterocycles. The summed E-state index contributed by atoms with van der Waals surface area (Å²) in [6.07, 6.45) is 1.66. The van der Waals surface area contributed by atoms with Crippen molar-refractivity contribution in [2.45, 2.75) is 112 Å². The molecule has 0 radical (unpaired) electrons. The van der Waals surface area contributed by atoms with Crippen LogP contribution in [0.25, 0.3) is 0 Å². The molecule has 1 rings (SSSR count). The van der Waals surface area contributed by atoms with Gasteiger partial charge in [-0.1, -0.05) is 81.4 Å². The number of hydrogen-bond donors (Lipinski definition) is 3. The second-order valence-corrected chi connectivity index (χ2v) is 17.6. The number of amides is 1. The van der Waals surface area contributed by atoms with Crippen LogP contribution in [0.3, 0.4) is 0 Å². The topological polar surface area (TPSA) is 118 Å². The Morgan fingerprint density at radius 3 is 1.53 bits per heavy atom. The van der Waals surface area contributed by atoms with Crippen LogP contribution >= 0.6 is 7.14 Å². The normalized spacial score (nSPS) is 14.9. The van der Waals surface area contributed by atoms with E-state index in [2.05, 4.69) is 69.2 Å². The lowest BCUT2D eigenvalue weighted by Crippen LogP contribution is -2.28. The lowest BCUT2D eigenvalue weighted by Gasteiger charge is -2.38. The molecule has 0 heterocycles. The molecule has 0 bridgehead atoms. The molecule has 1 atom stereocenters. The second-order valence-electron chi connectivity index (χ2n) is 14.3. The van der Waals surface area contributed by atoms with E-state index < -0.39 is 19.0 Å². The monoisotopic (exact) mass is 523 g/mol. The highest BCUT2D eigenvalue weighted by molar-refractivity contribution is 7.63. The van der Waals surface area contributed by atoms with Crippen molar-refractivity contribution in [3.05, 3.63) is 28.8 Å². The van der Waals surface area contributed by atoms with Crippen LogP contribution in [-0.4, -0.2) is 34.4 Å². The molecule has 206 valence electrons. The highest BCUT2D eigenvalue weighted by Gasteiger charge is 2.36. The molecule has 0 fully saturated rings. The summed E-state index contributed by atoms with van der Waals surface area (Å²) < 4.78 is 13.9. The standard InChI is InChI=1S/C29H50NO5P/c1-26(2,3)18-28(7,8)21-15-20(16-22(25(21)34)29(9,10)19-27(4,5)6)17-36(35,13-11-23(30)31)14-12-24(32)33/h15-16,34H,11-14,17-19H2,1-10H3,(H2,30,31)(H,32,33). The Hall–Kier alpha value is -1.81. The van der Waals surface area contributed by atoms with Gasteiger partial charge in [0.15, 0.2) is 0 Å². The summed E-state index contributed by atoms with van der Waals surface area (Å²) in [6.45, 7) is 21.5. The lowest BCUT2D eigenvalue weighted by atomic mass is 9.68. The van der Waals surface area contributed by atoms with Crippen molar-refractivity contribution in [2.24, 2.45) is 16.6 Å². The quantitative estimate of drug-likeness (QED) is 0.254. The predicted octanol–water partition coefficient (Wildman–Crippen LogP) is 7.03. The summed E-state index contributed by atoms with van der Waals surface area (Å²) in [5, 5.41) is 20.8. The Bertz CT molecular complexity index is 925. The Morgan fingerprint density at radius 1 is 0.806 bits per heavy atom. The average Bonchev–Trinajstić information content (AvgIpc) is 2.62. The molecule has 36 heavy (non-hydrogen) atoms. The van der Waals surface area contributed by atoms with E-state index in [1.807, 2.05) is 12.1 Å². The first-order chi connectivity index (χ1) is 16.0. The number of nitrogens with two attached hydrogens (primary N) is 1. The van der Waals surface area contributed by atoms with E-state index in [9.17, 15) is 24.4 Å². The van der Waals surface area contributed by atoms with Gasteiger partial charge in [0, 0.05) is 36.0 Å². The largest absolute Gasteiger partial charge is 0.507 e. The van der Waals surface area contributed by atoms with Gasteiger partial charge in [0.25, 0.3) is 0 Å². The van der Waals surface area contributed by atoms with Crippen molar-refractivity contribution in [1.82, 2.24) is 0 Å². The minimum Gasteiger partial charge on any atom is -0.507 e. The van der Waals surface area contributed by atoms with Crippen LogP contribution in [0.15, 0.2) is 12.1 Å². The Labute approximate surface area is 218 Å². The zero-order chi connectivity index (χ0) is 28.3. The number of hydrogen-bond acceptors (Lipinski definition) is 4.